The van der Waals surface area contributed by atoms with Gasteiger partial charge in [-0.05, 0) is 30.2 Å². The molecule has 3 rings (SSSR count). The molecule has 1 aromatic heterocycles. The first-order chi connectivity index (χ1) is 9.86. The Bertz CT molecular complexity index is 577. The third-order valence-electron chi connectivity index (χ3n) is 3.73. The Hall–Kier alpha value is -1.81. The Balaban J connectivity index is 1.63. The largest absolute Gasteiger partial charge is 0.493 e. The fraction of sp³-hybridized carbons (Fsp3) is 0.438. The fourth-order valence-corrected chi connectivity index (χ4v) is 2.59. The van der Waals surface area contributed by atoms with Crippen molar-refractivity contribution in [2.45, 2.75) is 32.9 Å². The van der Waals surface area contributed by atoms with Crippen molar-refractivity contribution in [3.8, 4) is 5.75 Å². The number of aryl methyl sites for hydroxylation is 2. The maximum Gasteiger partial charge on any atom is 0.122 e. The van der Waals surface area contributed by atoms with E-state index in [0.717, 1.165) is 50.7 Å². The number of hydrogen-bond donors (Lipinski definition) is 1. The van der Waals surface area contributed by atoms with Gasteiger partial charge in [-0.2, -0.15) is 0 Å². The summed E-state index contributed by atoms with van der Waals surface area (Å²) in [6.07, 6.45) is 6.01. The summed E-state index contributed by atoms with van der Waals surface area (Å²) in [6.45, 7) is 5.71. The van der Waals surface area contributed by atoms with Crippen LogP contribution < -0.4 is 10.1 Å². The molecule has 0 bridgehead atoms. The van der Waals surface area contributed by atoms with Crippen molar-refractivity contribution < 1.29 is 4.74 Å². The molecule has 0 amide bonds. The van der Waals surface area contributed by atoms with E-state index in [4.69, 9.17) is 4.74 Å². The van der Waals surface area contributed by atoms with Crippen molar-refractivity contribution in [2.75, 3.05) is 13.2 Å². The molecule has 0 saturated heterocycles. The lowest BCUT2D eigenvalue weighted by molar-refractivity contribution is 0.357. The van der Waals surface area contributed by atoms with Gasteiger partial charge in [0.1, 0.15) is 11.6 Å². The van der Waals surface area contributed by atoms with Gasteiger partial charge in [-0.3, -0.25) is 0 Å². The highest BCUT2D eigenvalue weighted by Gasteiger charge is 2.12. The van der Waals surface area contributed by atoms with E-state index in [1.807, 2.05) is 6.20 Å². The molecule has 4 heteroatoms. The van der Waals surface area contributed by atoms with E-state index in [1.54, 1.807) is 0 Å². The quantitative estimate of drug-likeness (QED) is 0.875. The Morgan fingerprint density at radius 2 is 2.35 bits per heavy atom. The van der Waals surface area contributed by atoms with Crippen molar-refractivity contribution in [1.82, 2.24) is 14.9 Å². The van der Waals surface area contributed by atoms with Gasteiger partial charge in [-0.25, -0.2) is 4.98 Å². The van der Waals surface area contributed by atoms with Gasteiger partial charge in [-0.1, -0.05) is 19.1 Å². The second-order valence-corrected chi connectivity index (χ2v) is 5.11. The zero-order chi connectivity index (χ0) is 13.8. The lowest BCUT2D eigenvalue weighted by Crippen LogP contribution is -2.16. The Labute approximate surface area is 119 Å². The fourth-order valence-electron chi connectivity index (χ4n) is 2.59. The van der Waals surface area contributed by atoms with Crippen molar-refractivity contribution in [2.24, 2.45) is 0 Å². The highest BCUT2D eigenvalue weighted by atomic mass is 16.5. The molecular formula is C16H21N3O. The minimum atomic E-state index is 0.827. The van der Waals surface area contributed by atoms with Crippen LogP contribution in [0.2, 0.25) is 0 Å². The predicted molar refractivity (Wildman–Crippen MR) is 79.0 cm³/mol. The maximum absolute atomic E-state index is 5.54. The van der Waals surface area contributed by atoms with Gasteiger partial charge in [0.2, 0.25) is 0 Å². The van der Waals surface area contributed by atoms with Crippen LogP contribution in [0.3, 0.4) is 0 Å². The van der Waals surface area contributed by atoms with Crippen molar-refractivity contribution in [1.29, 1.82) is 0 Å². The van der Waals surface area contributed by atoms with Crippen LogP contribution >= 0.6 is 0 Å². The standard InChI is InChI=1S/C16H21N3O/c1-2-17-12-16-18-7-9-19(16)8-5-13-3-4-15-14(11-13)6-10-20-15/h3-4,7,9,11,17H,2,5-6,8,10,12H2,1H3. The van der Waals surface area contributed by atoms with Gasteiger partial charge in [-0.15, -0.1) is 0 Å². The molecule has 0 spiro atoms. The molecule has 106 valence electrons. The highest BCUT2D eigenvalue weighted by Crippen LogP contribution is 2.26. The minimum absolute atomic E-state index is 0.827. The van der Waals surface area contributed by atoms with Crippen LogP contribution in [-0.4, -0.2) is 22.7 Å². The molecule has 0 radical (unpaired) electrons. The number of fused-ring (bicyclic) bond motifs is 1. The molecular weight excluding hydrogens is 250 g/mol. The number of ether oxygens (including phenoxy) is 1. The topological polar surface area (TPSA) is 39.1 Å². The molecule has 2 aromatic rings. The maximum atomic E-state index is 5.54. The Kier molecular flexibility index (Phi) is 4.02. The Morgan fingerprint density at radius 3 is 3.25 bits per heavy atom. The summed E-state index contributed by atoms with van der Waals surface area (Å²) in [5.74, 6) is 2.17. The molecule has 1 aliphatic rings. The smallest absolute Gasteiger partial charge is 0.122 e. The molecule has 1 N–H and O–H groups in total. The number of imidazole rings is 1. The second kappa shape index (κ2) is 6.09. The molecule has 2 heterocycles. The lowest BCUT2D eigenvalue weighted by Gasteiger charge is -2.09. The van der Waals surface area contributed by atoms with E-state index in [2.05, 4.69) is 46.2 Å². The molecule has 1 aromatic carbocycles. The molecule has 20 heavy (non-hydrogen) atoms. The van der Waals surface area contributed by atoms with Gasteiger partial charge in [0.15, 0.2) is 0 Å². The van der Waals surface area contributed by atoms with Crippen LogP contribution in [0.4, 0.5) is 0 Å². The van der Waals surface area contributed by atoms with Crippen LogP contribution in [0, 0.1) is 0 Å². The predicted octanol–water partition coefficient (Wildman–Crippen LogP) is 2.17. The summed E-state index contributed by atoms with van der Waals surface area (Å²) in [4.78, 5) is 4.40. The molecule has 0 atom stereocenters. The van der Waals surface area contributed by atoms with E-state index in [0.29, 0.717) is 0 Å². The minimum Gasteiger partial charge on any atom is -0.493 e. The zero-order valence-corrected chi connectivity index (χ0v) is 11.9. The van der Waals surface area contributed by atoms with Crippen LogP contribution in [0.25, 0.3) is 0 Å². The highest BCUT2D eigenvalue weighted by molar-refractivity contribution is 5.39. The van der Waals surface area contributed by atoms with E-state index in [1.165, 1.54) is 11.1 Å². The van der Waals surface area contributed by atoms with Gasteiger partial charge >= 0.3 is 0 Å². The van der Waals surface area contributed by atoms with Crippen LogP contribution in [0.5, 0.6) is 5.75 Å². The van der Waals surface area contributed by atoms with Crippen LogP contribution in [0.1, 0.15) is 23.9 Å². The third kappa shape index (κ3) is 2.85. The number of nitrogens with zero attached hydrogens (tertiary/aromatic N) is 2. The van der Waals surface area contributed by atoms with E-state index in [-0.39, 0.29) is 0 Å². The number of aromatic nitrogens is 2. The van der Waals surface area contributed by atoms with E-state index in [9.17, 15) is 0 Å². The van der Waals surface area contributed by atoms with Crippen LogP contribution in [-0.2, 0) is 25.9 Å². The van der Waals surface area contributed by atoms with Gasteiger partial charge < -0.3 is 14.6 Å². The van der Waals surface area contributed by atoms with Crippen molar-refractivity contribution in [3.05, 3.63) is 47.5 Å². The van der Waals surface area contributed by atoms with E-state index >= 15 is 0 Å². The van der Waals surface area contributed by atoms with Gasteiger partial charge in [0, 0.05) is 25.4 Å². The van der Waals surface area contributed by atoms with Gasteiger partial charge in [0.25, 0.3) is 0 Å². The molecule has 0 aliphatic carbocycles. The number of benzene rings is 1. The summed E-state index contributed by atoms with van der Waals surface area (Å²) in [7, 11) is 0. The Morgan fingerprint density at radius 1 is 1.40 bits per heavy atom. The third-order valence-corrected chi connectivity index (χ3v) is 3.73. The molecule has 0 saturated carbocycles. The number of hydrogen-bond acceptors (Lipinski definition) is 3. The second-order valence-electron chi connectivity index (χ2n) is 5.11. The monoisotopic (exact) mass is 271 g/mol. The average Bonchev–Trinajstić information content (AvgIpc) is 3.11. The summed E-state index contributed by atoms with van der Waals surface area (Å²) < 4.78 is 7.77. The molecule has 0 fully saturated rings. The average molecular weight is 271 g/mol. The van der Waals surface area contributed by atoms with E-state index < -0.39 is 0 Å². The summed E-state index contributed by atoms with van der Waals surface area (Å²) in [6, 6.07) is 6.55. The first kappa shape index (κ1) is 13.2. The van der Waals surface area contributed by atoms with Gasteiger partial charge in [0.05, 0.1) is 13.2 Å². The summed E-state index contributed by atoms with van der Waals surface area (Å²) in [5, 5.41) is 3.32. The summed E-state index contributed by atoms with van der Waals surface area (Å²) >= 11 is 0. The molecule has 0 unspecified atom stereocenters. The normalized spacial score (nSPS) is 13.2. The van der Waals surface area contributed by atoms with Crippen molar-refractivity contribution >= 4 is 0 Å². The first-order valence-electron chi connectivity index (χ1n) is 7.32. The SMILES string of the molecule is CCNCc1nccn1CCc1ccc2c(c1)CCO2. The summed E-state index contributed by atoms with van der Waals surface area (Å²) in [5.41, 5.74) is 2.72. The number of nitrogens with one attached hydrogen (secondary N) is 1. The first-order valence-corrected chi connectivity index (χ1v) is 7.32. The molecule has 4 nitrogen and oxygen atoms in total. The molecule has 1 aliphatic heterocycles. The lowest BCUT2D eigenvalue weighted by atomic mass is 10.1. The number of rotatable bonds is 6. The zero-order valence-electron chi connectivity index (χ0n) is 11.9. The van der Waals surface area contributed by atoms with Crippen molar-refractivity contribution in [3.63, 3.8) is 0 Å². The van der Waals surface area contributed by atoms with Crippen LogP contribution in [0.15, 0.2) is 30.6 Å².